The van der Waals surface area contributed by atoms with Gasteiger partial charge in [-0.3, -0.25) is 0 Å². The Hall–Kier alpha value is -4.06. The van der Waals surface area contributed by atoms with Gasteiger partial charge >= 0.3 is 0 Å². The van der Waals surface area contributed by atoms with Crippen LogP contribution in [0.3, 0.4) is 0 Å². The van der Waals surface area contributed by atoms with Crippen molar-refractivity contribution in [1.82, 2.24) is 5.06 Å². The van der Waals surface area contributed by atoms with Crippen LogP contribution in [0.2, 0.25) is 10.0 Å². The van der Waals surface area contributed by atoms with Gasteiger partial charge in [0.15, 0.2) is 12.5 Å². The van der Waals surface area contributed by atoms with Gasteiger partial charge in [-0.2, -0.15) is 0 Å². The lowest BCUT2D eigenvalue weighted by atomic mass is 9.85. The highest BCUT2D eigenvalue weighted by atomic mass is 35.5. The summed E-state index contributed by atoms with van der Waals surface area (Å²) in [5, 5.41) is 19.2. The monoisotopic (exact) mass is 589 g/mol. The summed E-state index contributed by atoms with van der Waals surface area (Å²) >= 11 is 12.6. The molecule has 0 unspecified atom stereocenters. The van der Waals surface area contributed by atoms with Crippen molar-refractivity contribution in [3.05, 3.63) is 154 Å². The zero-order valence-corrected chi connectivity index (χ0v) is 23.8. The van der Waals surface area contributed by atoms with Crippen molar-refractivity contribution in [2.75, 3.05) is 0 Å². The van der Waals surface area contributed by atoms with Gasteiger partial charge in [-0.15, -0.1) is 5.06 Å². The Morgan fingerprint density at radius 2 is 0.905 bits per heavy atom. The second kappa shape index (κ2) is 10.0. The molecule has 0 saturated heterocycles. The predicted octanol–water partition coefficient (Wildman–Crippen LogP) is 9.39. The molecular formula is C36H25Cl2NO3. The molecular weight excluding hydrogens is 565 g/mol. The number of hydrogen-bond acceptors (Lipinski definition) is 4. The Morgan fingerprint density at radius 1 is 0.500 bits per heavy atom. The van der Waals surface area contributed by atoms with Gasteiger partial charge in [0.05, 0.1) is 11.8 Å². The lowest BCUT2D eigenvalue weighted by Crippen LogP contribution is -2.49. The molecule has 8 rings (SSSR count). The molecule has 6 heteroatoms. The lowest BCUT2D eigenvalue weighted by molar-refractivity contribution is -0.251. The largest absolute Gasteiger partial charge is 0.471 e. The molecule has 2 aliphatic rings. The van der Waals surface area contributed by atoms with Crippen LogP contribution in [0.4, 0.5) is 0 Å². The summed E-state index contributed by atoms with van der Waals surface area (Å²) in [6.45, 7) is 0. The fourth-order valence-electron chi connectivity index (χ4n) is 6.64. The first-order chi connectivity index (χ1) is 20.6. The number of benzene rings is 6. The molecule has 0 spiro atoms. The minimum absolute atomic E-state index is 0.303. The van der Waals surface area contributed by atoms with Gasteiger partial charge in [0, 0.05) is 21.2 Å². The van der Waals surface area contributed by atoms with Gasteiger partial charge in [0.1, 0.15) is 11.5 Å². The molecule has 0 fully saturated rings. The van der Waals surface area contributed by atoms with Crippen LogP contribution < -0.4 is 9.47 Å². The van der Waals surface area contributed by atoms with E-state index in [4.69, 9.17) is 32.7 Å². The van der Waals surface area contributed by atoms with Gasteiger partial charge < -0.3 is 14.7 Å². The van der Waals surface area contributed by atoms with Gasteiger partial charge in [-0.05, 0) is 69.1 Å². The Kier molecular flexibility index (Phi) is 6.13. The summed E-state index contributed by atoms with van der Waals surface area (Å²) < 4.78 is 13.2. The number of hydroxylamine groups is 2. The Bertz CT molecular complexity index is 1820. The molecule has 0 radical (unpaired) electrons. The van der Waals surface area contributed by atoms with Crippen molar-refractivity contribution in [1.29, 1.82) is 0 Å². The van der Waals surface area contributed by atoms with Crippen molar-refractivity contribution in [2.45, 2.75) is 24.3 Å². The second-order valence-corrected chi connectivity index (χ2v) is 11.7. The molecule has 0 amide bonds. The van der Waals surface area contributed by atoms with E-state index in [0.717, 1.165) is 55.3 Å². The van der Waals surface area contributed by atoms with Crippen LogP contribution in [0.1, 0.15) is 34.1 Å². The molecule has 206 valence electrons. The average molecular weight is 591 g/mol. The number of halogens is 2. The standard InChI is InChI=1S/C36H25Cl2NO3/c37-25-15-9-23(10-16-25)31-33-27-7-3-1-5-21(27)13-19-29(33)41-35(31)39(40)36-32(24-11-17-26(38)18-12-24)34-28-8-4-2-6-22(28)14-20-30(34)42-36/h1-20,31-32,35-36,40H/t31-,32-,35-,36-/m0/s1. The third kappa shape index (κ3) is 4.06. The molecule has 0 bridgehead atoms. The normalized spacial score (nSPS) is 20.9. The minimum Gasteiger partial charge on any atom is -0.471 e. The Balaban J connectivity index is 1.28. The number of fused-ring (bicyclic) bond motifs is 6. The molecule has 2 heterocycles. The van der Waals surface area contributed by atoms with Crippen LogP contribution in [0.15, 0.2) is 121 Å². The molecule has 1 N–H and O–H groups in total. The maximum atomic E-state index is 12.2. The summed E-state index contributed by atoms with van der Waals surface area (Å²) in [7, 11) is 0. The summed E-state index contributed by atoms with van der Waals surface area (Å²) in [5.74, 6) is 0.870. The second-order valence-electron chi connectivity index (χ2n) is 10.9. The van der Waals surface area contributed by atoms with Crippen LogP contribution >= 0.6 is 23.2 Å². The fraction of sp³-hybridized carbons (Fsp3) is 0.111. The molecule has 2 aliphatic heterocycles. The zero-order chi connectivity index (χ0) is 28.4. The van der Waals surface area contributed by atoms with E-state index >= 15 is 0 Å². The van der Waals surface area contributed by atoms with Gasteiger partial charge in [0.25, 0.3) is 0 Å². The van der Waals surface area contributed by atoms with Crippen LogP contribution in [0, 0.1) is 0 Å². The maximum Gasteiger partial charge on any atom is 0.189 e. The number of nitrogens with zero attached hydrogens (tertiary/aromatic N) is 1. The first-order valence-electron chi connectivity index (χ1n) is 13.9. The maximum absolute atomic E-state index is 12.2. The Morgan fingerprint density at radius 3 is 1.33 bits per heavy atom. The third-order valence-electron chi connectivity index (χ3n) is 8.53. The highest BCUT2D eigenvalue weighted by Crippen LogP contribution is 2.51. The van der Waals surface area contributed by atoms with E-state index in [1.54, 1.807) is 0 Å². The minimum atomic E-state index is -0.757. The van der Waals surface area contributed by atoms with E-state index in [9.17, 15) is 5.21 Å². The lowest BCUT2D eigenvalue weighted by Gasteiger charge is -2.33. The predicted molar refractivity (Wildman–Crippen MR) is 167 cm³/mol. The summed E-state index contributed by atoms with van der Waals surface area (Å²) in [5.41, 5.74) is 4.04. The van der Waals surface area contributed by atoms with Gasteiger partial charge in [-0.1, -0.05) is 108 Å². The van der Waals surface area contributed by atoms with E-state index in [2.05, 4.69) is 36.4 Å². The molecule has 0 aliphatic carbocycles. The number of hydrogen-bond donors (Lipinski definition) is 1. The summed E-state index contributed by atoms with van der Waals surface area (Å²) in [6, 6.07) is 40.1. The third-order valence-corrected chi connectivity index (χ3v) is 9.03. The van der Waals surface area contributed by atoms with E-state index in [-0.39, 0.29) is 11.8 Å². The molecule has 0 aromatic heterocycles. The van der Waals surface area contributed by atoms with Crippen LogP contribution in [-0.2, 0) is 0 Å². The van der Waals surface area contributed by atoms with Crippen molar-refractivity contribution >= 4 is 44.7 Å². The van der Waals surface area contributed by atoms with E-state index < -0.39 is 12.5 Å². The van der Waals surface area contributed by atoms with Crippen molar-refractivity contribution in [3.63, 3.8) is 0 Å². The SMILES string of the molecule is ON([C@H]1Oc2ccc3ccccc3c2[C@@H]1c1ccc(Cl)cc1)[C@H]1Oc2ccc3ccccc3c2[C@@H]1c1ccc(Cl)cc1. The van der Waals surface area contributed by atoms with E-state index in [1.165, 1.54) is 5.06 Å². The van der Waals surface area contributed by atoms with E-state index in [1.807, 2.05) is 84.9 Å². The average Bonchev–Trinajstić information content (AvgIpc) is 3.61. The first kappa shape index (κ1) is 25.6. The molecule has 4 atom stereocenters. The van der Waals surface area contributed by atoms with Gasteiger partial charge in [0.2, 0.25) is 0 Å². The summed E-state index contributed by atoms with van der Waals surface area (Å²) in [6.07, 6.45) is -1.51. The van der Waals surface area contributed by atoms with Gasteiger partial charge in [-0.25, -0.2) is 0 Å². The van der Waals surface area contributed by atoms with Crippen molar-refractivity contribution < 1.29 is 14.7 Å². The molecule has 4 nitrogen and oxygen atoms in total. The first-order valence-corrected chi connectivity index (χ1v) is 14.7. The molecule has 6 aromatic carbocycles. The Labute approximate surface area is 253 Å². The topological polar surface area (TPSA) is 41.9 Å². The van der Waals surface area contributed by atoms with Crippen molar-refractivity contribution in [2.24, 2.45) is 0 Å². The van der Waals surface area contributed by atoms with Crippen molar-refractivity contribution in [3.8, 4) is 11.5 Å². The fourth-order valence-corrected chi connectivity index (χ4v) is 6.89. The zero-order valence-electron chi connectivity index (χ0n) is 22.3. The smallest absolute Gasteiger partial charge is 0.189 e. The van der Waals surface area contributed by atoms with Crippen LogP contribution in [0.25, 0.3) is 21.5 Å². The van der Waals surface area contributed by atoms with E-state index in [0.29, 0.717) is 10.0 Å². The molecule has 42 heavy (non-hydrogen) atoms. The van der Waals surface area contributed by atoms with Crippen LogP contribution in [0.5, 0.6) is 11.5 Å². The highest BCUT2D eigenvalue weighted by molar-refractivity contribution is 6.30. The number of ether oxygens (including phenoxy) is 2. The molecule has 6 aromatic rings. The number of rotatable bonds is 4. The highest BCUT2D eigenvalue weighted by Gasteiger charge is 2.49. The quantitative estimate of drug-likeness (QED) is 0.208. The summed E-state index contributed by atoms with van der Waals surface area (Å²) in [4.78, 5) is 0. The van der Waals surface area contributed by atoms with Crippen LogP contribution in [-0.4, -0.2) is 22.7 Å². The molecule has 0 saturated carbocycles.